The van der Waals surface area contributed by atoms with Crippen molar-refractivity contribution in [1.29, 1.82) is 0 Å². The van der Waals surface area contributed by atoms with E-state index in [2.05, 4.69) is 4.90 Å². The highest BCUT2D eigenvalue weighted by molar-refractivity contribution is 5.71. The summed E-state index contributed by atoms with van der Waals surface area (Å²) in [5.74, 6) is 0.685. The molecule has 2 aliphatic heterocycles. The van der Waals surface area contributed by atoms with Crippen molar-refractivity contribution in [1.82, 2.24) is 4.90 Å². The summed E-state index contributed by atoms with van der Waals surface area (Å²) in [7, 11) is 0. The number of hydrogen-bond acceptors (Lipinski definition) is 3. The summed E-state index contributed by atoms with van der Waals surface area (Å²) in [6.45, 7) is 3.30. The maximum Gasteiger partial charge on any atom is 0.309 e. The first-order chi connectivity index (χ1) is 6.27. The minimum atomic E-state index is -0.640. The topological polar surface area (TPSA) is 49.8 Å². The van der Waals surface area contributed by atoms with Gasteiger partial charge in [-0.05, 0) is 0 Å². The van der Waals surface area contributed by atoms with Crippen LogP contribution in [0.4, 0.5) is 0 Å². The van der Waals surface area contributed by atoms with Crippen LogP contribution in [-0.2, 0) is 9.53 Å². The van der Waals surface area contributed by atoms with E-state index >= 15 is 0 Å². The summed E-state index contributed by atoms with van der Waals surface area (Å²) in [6.07, 6.45) is 0. The molecular weight excluding hydrogens is 170 g/mol. The Labute approximate surface area is 76.5 Å². The summed E-state index contributed by atoms with van der Waals surface area (Å²) in [4.78, 5) is 12.9. The molecule has 3 fully saturated rings. The Hall–Kier alpha value is -0.610. The molecule has 1 N–H and O–H groups in total. The fourth-order valence-corrected chi connectivity index (χ4v) is 2.66. The third-order valence-corrected chi connectivity index (χ3v) is 3.59. The molecule has 4 heteroatoms. The van der Waals surface area contributed by atoms with Crippen LogP contribution in [0.15, 0.2) is 0 Å². The van der Waals surface area contributed by atoms with Gasteiger partial charge in [-0.3, -0.25) is 9.69 Å². The Balaban J connectivity index is 1.53. The molecule has 3 aliphatic rings. The molecule has 1 aliphatic carbocycles. The summed E-state index contributed by atoms with van der Waals surface area (Å²) in [5.41, 5.74) is 0. The predicted molar refractivity (Wildman–Crippen MR) is 44.3 cm³/mol. The average molecular weight is 183 g/mol. The van der Waals surface area contributed by atoms with Gasteiger partial charge in [-0.1, -0.05) is 0 Å². The van der Waals surface area contributed by atoms with Crippen LogP contribution in [0, 0.1) is 17.8 Å². The molecule has 0 amide bonds. The highest BCUT2D eigenvalue weighted by atomic mass is 16.5. The van der Waals surface area contributed by atoms with Crippen LogP contribution >= 0.6 is 0 Å². The molecule has 0 bridgehead atoms. The van der Waals surface area contributed by atoms with E-state index in [1.165, 1.54) is 0 Å². The van der Waals surface area contributed by atoms with Crippen LogP contribution in [0.25, 0.3) is 0 Å². The molecule has 2 heterocycles. The van der Waals surface area contributed by atoms with Crippen molar-refractivity contribution < 1.29 is 14.6 Å². The number of aliphatic carboxylic acids is 1. The molecule has 0 aromatic rings. The number of fused-ring (bicyclic) bond motifs is 1. The molecule has 0 radical (unpaired) electrons. The van der Waals surface area contributed by atoms with Gasteiger partial charge in [0.15, 0.2) is 0 Å². The van der Waals surface area contributed by atoms with Gasteiger partial charge in [0.05, 0.1) is 19.1 Å². The molecular formula is C9H13NO3. The van der Waals surface area contributed by atoms with Gasteiger partial charge in [0.2, 0.25) is 0 Å². The SMILES string of the molecule is O=C(O)C1CN(C2C3COCC32)C1. The smallest absolute Gasteiger partial charge is 0.309 e. The summed E-state index contributed by atoms with van der Waals surface area (Å²) >= 11 is 0. The maximum absolute atomic E-state index is 10.6. The predicted octanol–water partition coefficient (Wildman–Crippen LogP) is -0.352. The van der Waals surface area contributed by atoms with Crippen LogP contribution in [0.3, 0.4) is 0 Å². The van der Waals surface area contributed by atoms with Crippen molar-refractivity contribution in [3.05, 3.63) is 0 Å². The van der Waals surface area contributed by atoms with Crippen LogP contribution in [0.5, 0.6) is 0 Å². The molecule has 72 valence electrons. The molecule has 0 aromatic heterocycles. The number of rotatable bonds is 2. The third kappa shape index (κ3) is 1.02. The molecule has 2 saturated heterocycles. The molecule has 4 nitrogen and oxygen atoms in total. The van der Waals surface area contributed by atoms with Crippen LogP contribution in [0.2, 0.25) is 0 Å². The first-order valence-corrected chi connectivity index (χ1v) is 4.82. The average Bonchev–Trinajstić information content (AvgIpc) is 2.50. The zero-order chi connectivity index (χ0) is 9.00. The highest BCUT2D eigenvalue weighted by Crippen LogP contribution is 2.49. The van der Waals surface area contributed by atoms with Crippen molar-refractivity contribution in [3.8, 4) is 0 Å². The van der Waals surface area contributed by atoms with Gasteiger partial charge in [0.1, 0.15) is 0 Å². The zero-order valence-electron chi connectivity index (χ0n) is 7.35. The van der Waals surface area contributed by atoms with Crippen LogP contribution in [0.1, 0.15) is 0 Å². The van der Waals surface area contributed by atoms with Crippen molar-refractivity contribution in [2.75, 3.05) is 26.3 Å². The molecule has 2 unspecified atom stereocenters. The lowest BCUT2D eigenvalue weighted by atomic mass is 10.00. The molecule has 13 heavy (non-hydrogen) atoms. The van der Waals surface area contributed by atoms with Gasteiger partial charge >= 0.3 is 5.97 Å². The van der Waals surface area contributed by atoms with E-state index in [0.29, 0.717) is 6.04 Å². The molecule has 1 saturated carbocycles. The van der Waals surface area contributed by atoms with E-state index in [1.807, 2.05) is 0 Å². The number of nitrogens with zero attached hydrogens (tertiary/aromatic N) is 1. The van der Waals surface area contributed by atoms with E-state index in [0.717, 1.165) is 38.1 Å². The first-order valence-electron chi connectivity index (χ1n) is 4.82. The second-order valence-electron chi connectivity index (χ2n) is 4.34. The number of carbonyl (C=O) groups is 1. The fourth-order valence-electron chi connectivity index (χ4n) is 2.66. The second kappa shape index (κ2) is 2.45. The number of carboxylic acid groups (broad SMARTS) is 1. The van der Waals surface area contributed by atoms with Gasteiger partial charge in [-0.15, -0.1) is 0 Å². The van der Waals surface area contributed by atoms with Crippen molar-refractivity contribution >= 4 is 5.97 Å². The van der Waals surface area contributed by atoms with Gasteiger partial charge in [0, 0.05) is 31.0 Å². The number of ether oxygens (including phenoxy) is 1. The van der Waals surface area contributed by atoms with Gasteiger partial charge in [0.25, 0.3) is 0 Å². The van der Waals surface area contributed by atoms with Crippen LogP contribution in [-0.4, -0.2) is 48.3 Å². The van der Waals surface area contributed by atoms with E-state index in [9.17, 15) is 4.79 Å². The minimum absolute atomic E-state index is 0.109. The number of likely N-dealkylation sites (tertiary alicyclic amines) is 1. The number of carboxylic acids is 1. The second-order valence-corrected chi connectivity index (χ2v) is 4.34. The fraction of sp³-hybridized carbons (Fsp3) is 0.889. The first kappa shape index (κ1) is 7.76. The highest BCUT2D eigenvalue weighted by Gasteiger charge is 2.59. The number of hydrogen-bond donors (Lipinski definition) is 1. The van der Waals surface area contributed by atoms with E-state index in [-0.39, 0.29) is 5.92 Å². The van der Waals surface area contributed by atoms with Crippen molar-refractivity contribution in [2.24, 2.45) is 17.8 Å². The zero-order valence-corrected chi connectivity index (χ0v) is 7.35. The van der Waals surface area contributed by atoms with Crippen molar-refractivity contribution in [3.63, 3.8) is 0 Å². The maximum atomic E-state index is 10.6. The monoisotopic (exact) mass is 183 g/mol. The molecule has 0 spiro atoms. The normalized spacial score (nSPS) is 44.2. The standard InChI is InChI=1S/C9H13NO3/c11-9(12)5-1-10(2-5)8-6-3-13-4-7(6)8/h5-8H,1-4H2,(H,11,12). The quantitative estimate of drug-likeness (QED) is 0.635. The summed E-state index contributed by atoms with van der Waals surface area (Å²) < 4.78 is 5.29. The molecule has 0 aromatic carbocycles. The Morgan fingerprint density at radius 3 is 2.46 bits per heavy atom. The Kier molecular flexibility index (Phi) is 1.46. The van der Waals surface area contributed by atoms with E-state index in [1.54, 1.807) is 0 Å². The van der Waals surface area contributed by atoms with Gasteiger partial charge in [-0.25, -0.2) is 0 Å². The lowest BCUT2D eigenvalue weighted by molar-refractivity contribution is -0.148. The van der Waals surface area contributed by atoms with Gasteiger partial charge in [-0.2, -0.15) is 0 Å². The lowest BCUT2D eigenvalue weighted by Crippen LogP contribution is -2.52. The Bertz CT molecular complexity index is 239. The van der Waals surface area contributed by atoms with Crippen molar-refractivity contribution in [2.45, 2.75) is 6.04 Å². The Morgan fingerprint density at radius 1 is 1.31 bits per heavy atom. The Morgan fingerprint density at radius 2 is 1.92 bits per heavy atom. The van der Waals surface area contributed by atoms with Gasteiger partial charge < -0.3 is 9.84 Å². The lowest BCUT2D eigenvalue weighted by Gasteiger charge is -2.38. The largest absolute Gasteiger partial charge is 0.481 e. The summed E-state index contributed by atoms with van der Waals surface area (Å²) in [6, 6.07) is 0.657. The summed E-state index contributed by atoms with van der Waals surface area (Å²) in [5, 5.41) is 8.70. The van der Waals surface area contributed by atoms with Crippen LogP contribution < -0.4 is 0 Å². The minimum Gasteiger partial charge on any atom is -0.481 e. The van der Waals surface area contributed by atoms with E-state index in [4.69, 9.17) is 9.84 Å². The molecule has 2 atom stereocenters. The van der Waals surface area contributed by atoms with E-state index < -0.39 is 5.97 Å². The third-order valence-electron chi connectivity index (χ3n) is 3.59. The molecule has 3 rings (SSSR count).